The number of rotatable bonds is 17. The van der Waals surface area contributed by atoms with E-state index in [0.29, 0.717) is 32.8 Å². The number of para-hydroxylation sites is 3. The van der Waals surface area contributed by atoms with Crippen molar-refractivity contribution in [1.82, 2.24) is 0 Å². The van der Waals surface area contributed by atoms with Crippen molar-refractivity contribution in [2.75, 3.05) is 56.2 Å². The van der Waals surface area contributed by atoms with Gasteiger partial charge >= 0.3 is 0 Å². The lowest BCUT2D eigenvalue weighted by Gasteiger charge is -2.23. The zero-order valence-corrected chi connectivity index (χ0v) is 31.4. The number of nitrogen functional groups attached to an aromatic ring is 1. The monoisotopic (exact) mass is 725 g/mol. The third-order valence-corrected chi connectivity index (χ3v) is 8.15. The van der Waals surface area contributed by atoms with Gasteiger partial charge in [0.05, 0.1) is 11.4 Å². The number of thioether (sulfide) groups is 3. The average Bonchev–Trinajstić information content (AvgIpc) is 3.06. The van der Waals surface area contributed by atoms with Gasteiger partial charge in [0.1, 0.15) is 0 Å². The number of halogens is 1. The SMILES string of the molecule is C.CCOC(CC(OCC)OCC)OCC.CSc1ccccc1N.CSc1ccccc1N=C/C=C\Nc1ccccc1SC.Cl. The number of allylic oxidation sites excluding steroid dienone is 1. The number of nitrogens with two attached hydrogens (primary N) is 1. The summed E-state index contributed by atoms with van der Waals surface area (Å²) in [5.74, 6) is 0. The summed E-state index contributed by atoms with van der Waals surface area (Å²) in [6.07, 6.45) is 11.9. The summed E-state index contributed by atoms with van der Waals surface area (Å²) in [6, 6.07) is 24.2. The molecule has 264 valence electrons. The summed E-state index contributed by atoms with van der Waals surface area (Å²) >= 11 is 5.10. The third-order valence-electron chi connectivity index (χ3n) is 5.76. The van der Waals surface area contributed by atoms with Crippen LogP contribution in [0.2, 0.25) is 0 Å². The zero-order valence-electron chi connectivity index (χ0n) is 28.1. The van der Waals surface area contributed by atoms with E-state index >= 15 is 0 Å². The molecule has 0 saturated carbocycles. The minimum Gasteiger partial charge on any atom is -0.398 e. The summed E-state index contributed by atoms with van der Waals surface area (Å²) in [6.45, 7) is 10.3. The quantitative estimate of drug-likeness (QED) is 0.0611. The molecule has 0 aromatic heterocycles. The van der Waals surface area contributed by atoms with Crippen molar-refractivity contribution in [3.05, 3.63) is 85.1 Å². The van der Waals surface area contributed by atoms with Gasteiger partial charge in [-0.25, -0.2) is 0 Å². The molecule has 3 rings (SSSR count). The highest BCUT2D eigenvalue weighted by Gasteiger charge is 2.17. The van der Waals surface area contributed by atoms with Crippen LogP contribution in [0.3, 0.4) is 0 Å². The largest absolute Gasteiger partial charge is 0.398 e. The van der Waals surface area contributed by atoms with E-state index in [1.54, 1.807) is 35.3 Å². The van der Waals surface area contributed by atoms with Gasteiger partial charge in [0.25, 0.3) is 0 Å². The number of hydrogen-bond donors (Lipinski definition) is 2. The molecule has 0 radical (unpaired) electrons. The Balaban J connectivity index is 0. The van der Waals surface area contributed by atoms with Crippen LogP contribution >= 0.6 is 47.7 Å². The van der Waals surface area contributed by atoms with Crippen LogP contribution in [0.4, 0.5) is 17.1 Å². The average molecular weight is 727 g/mol. The fourth-order valence-corrected chi connectivity index (χ4v) is 5.36. The first-order chi connectivity index (χ1) is 22.0. The number of ether oxygens (including phenoxy) is 4. The maximum atomic E-state index is 5.61. The molecule has 0 unspecified atom stereocenters. The Hall–Kier alpha value is -2.15. The van der Waals surface area contributed by atoms with Crippen LogP contribution in [0.15, 0.2) is 105 Å². The molecular weight excluding hydrogens is 670 g/mol. The van der Waals surface area contributed by atoms with Crippen LogP contribution < -0.4 is 11.1 Å². The number of aliphatic imine (C=N–C) groups is 1. The summed E-state index contributed by atoms with van der Waals surface area (Å²) < 4.78 is 21.7. The molecule has 0 bridgehead atoms. The first-order valence-corrected chi connectivity index (χ1v) is 18.7. The number of nitrogens with zero attached hydrogens (tertiary/aromatic N) is 1. The summed E-state index contributed by atoms with van der Waals surface area (Å²) in [7, 11) is 0. The highest BCUT2D eigenvalue weighted by molar-refractivity contribution is 7.99. The third kappa shape index (κ3) is 20.7. The van der Waals surface area contributed by atoms with Gasteiger partial charge in [-0.05, 0) is 88.9 Å². The molecule has 0 aliphatic carbocycles. The molecule has 0 amide bonds. The summed E-state index contributed by atoms with van der Waals surface area (Å²) in [5, 5.41) is 3.28. The van der Waals surface area contributed by atoms with Gasteiger partial charge in [-0.3, -0.25) is 4.99 Å². The van der Waals surface area contributed by atoms with Crippen molar-refractivity contribution in [1.29, 1.82) is 0 Å². The van der Waals surface area contributed by atoms with E-state index in [2.05, 4.69) is 41.0 Å². The van der Waals surface area contributed by atoms with Crippen LogP contribution in [-0.2, 0) is 18.9 Å². The van der Waals surface area contributed by atoms with Crippen molar-refractivity contribution >= 4 is 71.0 Å². The number of anilines is 2. The van der Waals surface area contributed by atoms with Gasteiger partial charge in [-0.1, -0.05) is 43.8 Å². The minimum atomic E-state index is -0.233. The van der Waals surface area contributed by atoms with E-state index in [-0.39, 0.29) is 32.4 Å². The maximum Gasteiger partial charge on any atom is 0.162 e. The Labute approximate surface area is 303 Å². The normalized spacial score (nSPS) is 10.6. The molecule has 0 fully saturated rings. The predicted molar refractivity (Wildman–Crippen MR) is 213 cm³/mol. The molecule has 0 heterocycles. The molecule has 0 atom stereocenters. The van der Waals surface area contributed by atoms with E-state index in [4.69, 9.17) is 24.7 Å². The first-order valence-electron chi connectivity index (χ1n) is 15.0. The number of nitrogens with one attached hydrogen (secondary N) is 1. The second kappa shape index (κ2) is 31.1. The van der Waals surface area contributed by atoms with Gasteiger partial charge in [0.15, 0.2) is 12.6 Å². The van der Waals surface area contributed by atoms with Crippen LogP contribution in [0.5, 0.6) is 0 Å². The highest BCUT2D eigenvalue weighted by Crippen LogP contribution is 2.27. The Bertz CT molecular complexity index is 1210. The van der Waals surface area contributed by atoms with Crippen molar-refractivity contribution < 1.29 is 18.9 Å². The Morgan fingerprint density at radius 3 is 1.60 bits per heavy atom. The van der Waals surface area contributed by atoms with Gasteiger partial charge in [0, 0.05) is 65.6 Å². The smallest absolute Gasteiger partial charge is 0.162 e. The van der Waals surface area contributed by atoms with Gasteiger partial charge in [-0.15, -0.1) is 47.7 Å². The van der Waals surface area contributed by atoms with Gasteiger partial charge < -0.3 is 30.0 Å². The van der Waals surface area contributed by atoms with Crippen molar-refractivity contribution in [3.8, 4) is 0 Å². The Morgan fingerprint density at radius 2 is 1.13 bits per heavy atom. The number of hydrogen-bond acceptors (Lipinski definition) is 10. The zero-order chi connectivity index (χ0) is 33.1. The van der Waals surface area contributed by atoms with Crippen LogP contribution in [-0.4, -0.2) is 64.0 Å². The molecule has 47 heavy (non-hydrogen) atoms. The Morgan fingerprint density at radius 1 is 0.681 bits per heavy atom. The Kier molecular flexibility index (Phi) is 31.1. The second-order valence-corrected chi connectivity index (χ2v) is 11.4. The van der Waals surface area contributed by atoms with Crippen LogP contribution in [0, 0.1) is 0 Å². The maximum absolute atomic E-state index is 5.61. The minimum absolute atomic E-state index is 0. The molecule has 0 aliphatic rings. The van der Waals surface area contributed by atoms with Crippen LogP contribution in [0.1, 0.15) is 41.5 Å². The van der Waals surface area contributed by atoms with E-state index in [1.807, 2.05) is 107 Å². The van der Waals surface area contributed by atoms with E-state index in [9.17, 15) is 0 Å². The fourth-order valence-electron chi connectivity index (χ4n) is 3.74. The highest BCUT2D eigenvalue weighted by atomic mass is 35.5. The molecule has 3 N–H and O–H groups in total. The molecule has 11 heteroatoms. The second-order valence-electron chi connectivity index (χ2n) is 8.81. The lowest BCUT2D eigenvalue weighted by atomic mass is 10.3. The van der Waals surface area contributed by atoms with Crippen molar-refractivity contribution in [2.45, 2.75) is 68.8 Å². The fraction of sp³-hybridized carbons (Fsp3) is 0.417. The lowest BCUT2D eigenvalue weighted by molar-refractivity contribution is -0.207. The summed E-state index contributed by atoms with van der Waals surface area (Å²) in [4.78, 5) is 8.04. The molecule has 0 spiro atoms. The predicted octanol–water partition coefficient (Wildman–Crippen LogP) is 10.7. The van der Waals surface area contributed by atoms with Crippen LogP contribution in [0.25, 0.3) is 0 Å². The van der Waals surface area contributed by atoms with E-state index in [0.717, 1.165) is 22.0 Å². The molecule has 0 saturated heterocycles. The van der Waals surface area contributed by atoms with Crippen molar-refractivity contribution in [2.24, 2.45) is 4.99 Å². The molecule has 7 nitrogen and oxygen atoms in total. The molecule has 3 aromatic carbocycles. The van der Waals surface area contributed by atoms with Crippen molar-refractivity contribution in [3.63, 3.8) is 0 Å². The standard InChI is InChI=1S/C17H18N2S2.C11H24O4.C7H9NS.CH4.ClH/c1-20-16-10-5-3-8-14(16)18-12-7-13-19-15-9-4-6-11-17(15)21-2;1-5-12-10(13-6-2)9-11(14-7-3)15-8-4;1-9-7-5-3-2-4-6(7)8;;/h3-13,18H,1-2H3;10-11H,5-9H2,1-4H3;2-5H,8H2,1H3;1H4;1H/b12-7-,19-13?;;;;. The molecule has 3 aromatic rings. The van der Waals surface area contributed by atoms with E-state index < -0.39 is 0 Å². The first kappa shape index (κ1) is 47.0. The topological polar surface area (TPSA) is 87.3 Å². The molecular formula is C36H56ClN3O4S3. The number of benzene rings is 3. The molecule has 0 aliphatic heterocycles. The summed E-state index contributed by atoms with van der Waals surface area (Å²) in [5.41, 5.74) is 8.59. The van der Waals surface area contributed by atoms with E-state index in [1.165, 1.54) is 9.79 Å². The van der Waals surface area contributed by atoms with Gasteiger partial charge in [0.2, 0.25) is 0 Å². The van der Waals surface area contributed by atoms with Gasteiger partial charge in [-0.2, -0.15) is 0 Å². The lowest BCUT2D eigenvalue weighted by Crippen LogP contribution is -2.28.